The van der Waals surface area contributed by atoms with Crippen LogP contribution in [0.2, 0.25) is 0 Å². The summed E-state index contributed by atoms with van der Waals surface area (Å²) >= 11 is 0. The molecule has 1 heterocycles. The summed E-state index contributed by atoms with van der Waals surface area (Å²) in [5, 5.41) is 3.22. The average molecular weight is 255 g/mol. The van der Waals surface area contributed by atoms with E-state index in [0.29, 0.717) is 12.5 Å². The molecule has 0 bridgehead atoms. The van der Waals surface area contributed by atoms with Gasteiger partial charge in [0.2, 0.25) is 5.95 Å². The lowest BCUT2D eigenvalue weighted by Crippen LogP contribution is -2.14. The van der Waals surface area contributed by atoms with Crippen LogP contribution in [0.1, 0.15) is 20.3 Å². The average Bonchev–Trinajstić information content (AvgIpc) is 2.76. The third kappa shape index (κ3) is 6.02. The Bertz CT molecular complexity index is 313. The number of imidazole rings is 1. The standard InChI is InChI=1S/C13H25N3O2/c1-12(2)4-9-18-11-8-16-7-5-14-13(16)15-6-10-17-3/h5,7,12H,4,6,8-11H2,1-3H3,(H,14,15). The molecule has 0 fully saturated rings. The zero-order chi connectivity index (χ0) is 13.2. The molecule has 0 aromatic carbocycles. The van der Waals surface area contributed by atoms with Gasteiger partial charge in [0, 0.05) is 39.2 Å². The van der Waals surface area contributed by atoms with Gasteiger partial charge in [0.15, 0.2) is 0 Å². The highest BCUT2D eigenvalue weighted by Gasteiger charge is 2.01. The molecule has 0 aliphatic heterocycles. The maximum atomic E-state index is 5.60. The molecule has 0 aliphatic rings. The quantitative estimate of drug-likeness (QED) is 0.650. The minimum atomic E-state index is 0.678. The fraction of sp³-hybridized carbons (Fsp3) is 0.769. The first-order valence-electron chi connectivity index (χ1n) is 6.55. The number of methoxy groups -OCH3 is 1. The van der Waals surface area contributed by atoms with Crippen LogP contribution in [-0.2, 0) is 16.0 Å². The van der Waals surface area contributed by atoms with Crippen molar-refractivity contribution in [2.24, 2.45) is 5.92 Å². The van der Waals surface area contributed by atoms with E-state index in [4.69, 9.17) is 9.47 Å². The number of ether oxygens (including phenoxy) is 2. The van der Waals surface area contributed by atoms with Crippen molar-refractivity contribution < 1.29 is 9.47 Å². The number of nitrogens with one attached hydrogen (secondary N) is 1. The summed E-state index contributed by atoms with van der Waals surface area (Å²) in [5.41, 5.74) is 0. The summed E-state index contributed by atoms with van der Waals surface area (Å²) in [6.07, 6.45) is 4.87. The SMILES string of the molecule is COCCNc1nccn1CCOCCC(C)C. The minimum absolute atomic E-state index is 0.678. The highest BCUT2D eigenvalue weighted by atomic mass is 16.5. The van der Waals surface area contributed by atoms with Gasteiger partial charge in [-0.2, -0.15) is 0 Å². The van der Waals surface area contributed by atoms with Gasteiger partial charge in [-0.05, 0) is 12.3 Å². The number of hydrogen-bond acceptors (Lipinski definition) is 4. The predicted molar refractivity (Wildman–Crippen MR) is 72.9 cm³/mol. The lowest BCUT2D eigenvalue weighted by molar-refractivity contribution is 0.116. The zero-order valence-corrected chi connectivity index (χ0v) is 11.7. The van der Waals surface area contributed by atoms with Gasteiger partial charge < -0.3 is 19.4 Å². The van der Waals surface area contributed by atoms with Gasteiger partial charge in [0.1, 0.15) is 0 Å². The summed E-state index contributed by atoms with van der Waals surface area (Å²) in [4.78, 5) is 4.26. The molecule has 18 heavy (non-hydrogen) atoms. The molecule has 5 heteroatoms. The van der Waals surface area contributed by atoms with E-state index >= 15 is 0 Å². The van der Waals surface area contributed by atoms with E-state index in [0.717, 1.165) is 38.7 Å². The van der Waals surface area contributed by atoms with Crippen LogP contribution in [0.15, 0.2) is 12.4 Å². The number of rotatable bonds is 10. The van der Waals surface area contributed by atoms with Gasteiger partial charge in [0.25, 0.3) is 0 Å². The van der Waals surface area contributed by atoms with Crippen LogP contribution in [0.25, 0.3) is 0 Å². The topological polar surface area (TPSA) is 48.3 Å². The first-order chi connectivity index (χ1) is 8.74. The molecule has 0 spiro atoms. The first-order valence-corrected chi connectivity index (χ1v) is 6.55. The highest BCUT2D eigenvalue weighted by Crippen LogP contribution is 2.04. The van der Waals surface area contributed by atoms with E-state index in [9.17, 15) is 0 Å². The van der Waals surface area contributed by atoms with Crippen molar-refractivity contribution in [1.82, 2.24) is 9.55 Å². The van der Waals surface area contributed by atoms with E-state index in [1.807, 2.05) is 6.20 Å². The van der Waals surface area contributed by atoms with Crippen molar-refractivity contribution in [1.29, 1.82) is 0 Å². The van der Waals surface area contributed by atoms with Crippen molar-refractivity contribution >= 4 is 5.95 Å². The molecule has 0 aliphatic carbocycles. The normalized spacial score (nSPS) is 11.1. The van der Waals surface area contributed by atoms with Gasteiger partial charge in [-0.1, -0.05) is 13.8 Å². The zero-order valence-electron chi connectivity index (χ0n) is 11.7. The molecule has 0 unspecified atom stereocenters. The second kappa shape index (κ2) is 8.94. The molecule has 1 N–H and O–H groups in total. The van der Waals surface area contributed by atoms with Gasteiger partial charge in [-0.25, -0.2) is 4.98 Å². The molecule has 1 aromatic heterocycles. The van der Waals surface area contributed by atoms with Gasteiger partial charge in [0.05, 0.1) is 13.2 Å². The second-order valence-electron chi connectivity index (χ2n) is 4.66. The number of aromatic nitrogens is 2. The van der Waals surface area contributed by atoms with E-state index in [2.05, 4.69) is 28.7 Å². The summed E-state index contributed by atoms with van der Waals surface area (Å²) in [5.74, 6) is 1.57. The number of hydrogen-bond donors (Lipinski definition) is 1. The fourth-order valence-corrected chi connectivity index (χ4v) is 1.51. The fourth-order valence-electron chi connectivity index (χ4n) is 1.51. The molecule has 1 rings (SSSR count). The first kappa shape index (κ1) is 15.0. The van der Waals surface area contributed by atoms with Crippen LogP contribution in [0.5, 0.6) is 0 Å². The maximum absolute atomic E-state index is 5.60. The molecule has 104 valence electrons. The predicted octanol–water partition coefficient (Wildman–Crippen LogP) is 2.00. The Hall–Kier alpha value is -1.07. The third-order valence-corrected chi connectivity index (χ3v) is 2.62. The molecule has 5 nitrogen and oxygen atoms in total. The van der Waals surface area contributed by atoms with Gasteiger partial charge >= 0.3 is 0 Å². The molecular formula is C13H25N3O2. The Labute approximate surface area is 109 Å². The smallest absolute Gasteiger partial charge is 0.202 e. The Kier molecular flexibility index (Phi) is 7.44. The summed E-state index contributed by atoms with van der Waals surface area (Å²) in [7, 11) is 1.69. The van der Waals surface area contributed by atoms with Gasteiger partial charge in [-0.3, -0.25) is 0 Å². The van der Waals surface area contributed by atoms with E-state index in [1.165, 1.54) is 0 Å². The molecule has 0 saturated carbocycles. The van der Waals surface area contributed by atoms with Crippen LogP contribution < -0.4 is 5.32 Å². The number of nitrogens with zero attached hydrogens (tertiary/aromatic N) is 2. The largest absolute Gasteiger partial charge is 0.383 e. The van der Waals surface area contributed by atoms with Gasteiger partial charge in [-0.15, -0.1) is 0 Å². The Morgan fingerprint density at radius 1 is 1.33 bits per heavy atom. The van der Waals surface area contributed by atoms with Crippen molar-refractivity contribution in [2.75, 3.05) is 38.8 Å². The molecule has 0 radical (unpaired) electrons. The summed E-state index contributed by atoms with van der Waals surface area (Å²) in [6, 6.07) is 0. The van der Waals surface area contributed by atoms with E-state index in [1.54, 1.807) is 13.3 Å². The molecule has 0 saturated heterocycles. The number of anilines is 1. The maximum Gasteiger partial charge on any atom is 0.202 e. The summed E-state index contributed by atoms with van der Waals surface area (Å²) in [6.45, 7) is 8.24. The molecule has 1 aromatic rings. The molecular weight excluding hydrogens is 230 g/mol. The Morgan fingerprint density at radius 2 is 2.17 bits per heavy atom. The molecule has 0 atom stereocenters. The highest BCUT2D eigenvalue weighted by molar-refractivity contribution is 5.25. The van der Waals surface area contributed by atoms with Crippen LogP contribution in [0.3, 0.4) is 0 Å². The van der Waals surface area contributed by atoms with Crippen LogP contribution >= 0.6 is 0 Å². The lowest BCUT2D eigenvalue weighted by atomic mass is 10.1. The third-order valence-electron chi connectivity index (χ3n) is 2.62. The van der Waals surface area contributed by atoms with Crippen LogP contribution in [0.4, 0.5) is 5.95 Å². The van der Waals surface area contributed by atoms with E-state index in [-0.39, 0.29) is 0 Å². The van der Waals surface area contributed by atoms with Crippen molar-refractivity contribution in [3.63, 3.8) is 0 Å². The van der Waals surface area contributed by atoms with Crippen LogP contribution in [0, 0.1) is 5.92 Å². The minimum Gasteiger partial charge on any atom is -0.383 e. The second-order valence-corrected chi connectivity index (χ2v) is 4.66. The lowest BCUT2D eigenvalue weighted by Gasteiger charge is -2.10. The van der Waals surface area contributed by atoms with Crippen molar-refractivity contribution in [3.8, 4) is 0 Å². The van der Waals surface area contributed by atoms with Crippen molar-refractivity contribution in [2.45, 2.75) is 26.8 Å². The Morgan fingerprint density at radius 3 is 2.89 bits per heavy atom. The summed E-state index contributed by atoms with van der Waals surface area (Å²) < 4.78 is 12.6. The van der Waals surface area contributed by atoms with E-state index < -0.39 is 0 Å². The monoisotopic (exact) mass is 255 g/mol. The van der Waals surface area contributed by atoms with Crippen molar-refractivity contribution in [3.05, 3.63) is 12.4 Å². The Balaban J connectivity index is 2.19. The van der Waals surface area contributed by atoms with Crippen LogP contribution in [-0.4, -0.2) is 43.0 Å². The molecule has 0 amide bonds.